The van der Waals surface area contributed by atoms with E-state index >= 15 is 0 Å². The number of nitrogens with zero attached hydrogens (tertiary/aromatic N) is 2. The number of hydrogen-bond acceptors (Lipinski definition) is 4. The number of carboxylic acid groups (broad SMARTS) is 1. The highest BCUT2D eigenvalue weighted by Gasteiger charge is 2.39. The maximum atomic E-state index is 12.6. The van der Waals surface area contributed by atoms with Crippen molar-refractivity contribution >= 4 is 23.7 Å². The van der Waals surface area contributed by atoms with Gasteiger partial charge in [-0.05, 0) is 38.8 Å². The number of fused-ring (bicyclic) bond motifs is 1. The van der Waals surface area contributed by atoms with Crippen molar-refractivity contribution in [3.8, 4) is 0 Å². The number of rotatable bonds is 3. The Morgan fingerprint density at radius 2 is 1.84 bits per heavy atom. The molecule has 7 nitrogen and oxygen atoms in total. The van der Waals surface area contributed by atoms with Crippen LogP contribution in [0.1, 0.15) is 46.0 Å². The molecule has 132 valence electrons. The van der Waals surface area contributed by atoms with Gasteiger partial charge in [0.2, 0.25) is 5.91 Å². The first kappa shape index (κ1) is 17.1. The molecule has 1 aromatic carbocycles. The van der Waals surface area contributed by atoms with Gasteiger partial charge in [-0.1, -0.05) is 11.6 Å². The lowest BCUT2D eigenvalue weighted by Gasteiger charge is -2.37. The minimum Gasteiger partial charge on any atom is -0.481 e. The molecule has 25 heavy (non-hydrogen) atoms. The van der Waals surface area contributed by atoms with E-state index in [0.717, 1.165) is 10.5 Å². The van der Waals surface area contributed by atoms with E-state index in [1.807, 2.05) is 13.8 Å². The average Bonchev–Trinajstić information content (AvgIpc) is 2.79. The van der Waals surface area contributed by atoms with E-state index in [-0.39, 0.29) is 19.1 Å². The lowest BCUT2D eigenvalue weighted by Crippen LogP contribution is -2.51. The molecule has 1 N–H and O–H groups in total. The van der Waals surface area contributed by atoms with Crippen LogP contribution in [-0.4, -0.2) is 57.7 Å². The van der Waals surface area contributed by atoms with Crippen LogP contribution in [0.3, 0.4) is 0 Å². The summed E-state index contributed by atoms with van der Waals surface area (Å²) >= 11 is 0. The predicted molar refractivity (Wildman–Crippen MR) is 88.1 cm³/mol. The summed E-state index contributed by atoms with van der Waals surface area (Å²) in [5, 5.41) is 9.18. The lowest BCUT2D eigenvalue weighted by atomic mass is 9.93. The van der Waals surface area contributed by atoms with Crippen LogP contribution in [0.5, 0.6) is 0 Å². The molecule has 0 spiro atoms. The first-order valence-electron chi connectivity index (χ1n) is 8.28. The number of likely N-dealkylation sites (tertiary alicyclic amines) is 1. The van der Waals surface area contributed by atoms with Crippen molar-refractivity contribution < 1.29 is 24.3 Å². The molecule has 0 bridgehead atoms. The molecule has 0 aliphatic carbocycles. The molecule has 3 amide bonds. The van der Waals surface area contributed by atoms with Crippen LogP contribution in [-0.2, 0) is 9.59 Å². The Labute approximate surface area is 145 Å². The second-order valence-electron chi connectivity index (χ2n) is 6.75. The van der Waals surface area contributed by atoms with Gasteiger partial charge in [-0.25, -0.2) is 0 Å². The Balaban J connectivity index is 1.76. The molecule has 1 fully saturated rings. The minimum atomic E-state index is -0.930. The highest BCUT2D eigenvalue weighted by Crippen LogP contribution is 2.26. The number of amides is 3. The van der Waals surface area contributed by atoms with E-state index in [9.17, 15) is 24.3 Å². The van der Waals surface area contributed by atoms with Gasteiger partial charge in [0.05, 0.1) is 17.0 Å². The van der Waals surface area contributed by atoms with E-state index in [0.29, 0.717) is 24.0 Å². The van der Waals surface area contributed by atoms with Gasteiger partial charge in [-0.3, -0.25) is 24.1 Å². The molecule has 1 aromatic rings. The largest absolute Gasteiger partial charge is 0.481 e. The molecule has 1 saturated heterocycles. The number of imide groups is 1. The smallest absolute Gasteiger partial charge is 0.308 e. The molecule has 2 atom stereocenters. The Hall–Kier alpha value is -2.70. The van der Waals surface area contributed by atoms with Crippen molar-refractivity contribution in [1.29, 1.82) is 0 Å². The summed E-state index contributed by atoms with van der Waals surface area (Å²) in [6, 6.07) is 4.88. The average molecular weight is 344 g/mol. The van der Waals surface area contributed by atoms with Crippen LogP contribution in [0.2, 0.25) is 0 Å². The van der Waals surface area contributed by atoms with E-state index in [2.05, 4.69) is 0 Å². The zero-order chi connectivity index (χ0) is 18.3. The summed E-state index contributed by atoms with van der Waals surface area (Å²) in [5.41, 5.74) is 1.48. The summed E-state index contributed by atoms with van der Waals surface area (Å²) in [6.07, 6.45) is 1.11. The molecular weight excluding hydrogens is 324 g/mol. The molecule has 0 radical (unpaired) electrons. The van der Waals surface area contributed by atoms with Gasteiger partial charge in [0.25, 0.3) is 11.8 Å². The number of hydrogen-bond donors (Lipinski definition) is 1. The number of aliphatic carboxylic acids is 1. The predicted octanol–water partition coefficient (Wildman–Crippen LogP) is 1.30. The molecule has 0 aromatic heterocycles. The van der Waals surface area contributed by atoms with Crippen molar-refractivity contribution in [3.05, 3.63) is 34.9 Å². The highest BCUT2D eigenvalue weighted by atomic mass is 16.4. The standard InChI is InChI=1S/C18H20N2O5/c1-10-3-6-13-14(7-10)17(23)20(16(13)22)9-15(21)19-8-12(18(24)25)5-4-11(19)2/h3,6-7,11-12H,4-5,8-9H2,1-2H3,(H,24,25). The maximum absolute atomic E-state index is 12.6. The third-order valence-electron chi connectivity index (χ3n) is 4.97. The fourth-order valence-electron chi connectivity index (χ4n) is 3.43. The fraction of sp³-hybridized carbons (Fsp3) is 0.444. The van der Waals surface area contributed by atoms with Crippen LogP contribution >= 0.6 is 0 Å². The Morgan fingerprint density at radius 1 is 1.16 bits per heavy atom. The third-order valence-corrected chi connectivity index (χ3v) is 4.97. The van der Waals surface area contributed by atoms with Gasteiger partial charge < -0.3 is 10.0 Å². The second-order valence-corrected chi connectivity index (χ2v) is 6.75. The van der Waals surface area contributed by atoms with Crippen LogP contribution in [0.25, 0.3) is 0 Å². The van der Waals surface area contributed by atoms with E-state index < -0.39 is 29.6 Å². The van der Waals surface area contributed by atoms with Gasteiger partial charge >= 0.3 is 5.97 Å². The van der Waals surface area contributed by atoms with Gasteiger partial charge in [-0.2, -0.15) is 0 Å². The van der Waals surface area contributed by atoms with Gasteiger partial charge in [-0.15, -0.1) is 0 Å². The van der Waals surface area contributed by atoms with Gasteiger partial charge in [0.1, 0.15) is 6.54 Å². The Kier molecular flexibility index (Phi) is 4.32. The summed E-state index contributed by atoms with van der Waals surface area (Å²) in [6.45, 7) is 3.43. The van der Waals surface area contributed by atoms with Crippen molar-refractivity contribution in [2.24, 2.45) is 5.92 Å². The van der Waals surface area contributed by atoms with Gasteiger partial charge in [0, 0.05) is 12.6 Å². The number of piperidine rings is 1. The topological polar surface area (TPSA) is 95.0 Å². The monoisotopic (exact) mass is 344 g/mol. The number of benzene rings is 1. The third kappa shape index (κ3) is 3.01. The molecule has 7 heteroatoms. The SMILES string of the molecule is Cc1ccc2c(c1)C(=O)N(CC(=O)N1CC(C(=O)O)CCC1C)C2=O. The first-order chi connectivity index (χ1) is 11.8. The maximum Gasteiger partial charge on any atom is 0.308 e. The molecule has 3 rings (SSSR count). The molecule has 0 saturated carbocycles. The summed E-state index contributed by atoms with van der Waals surface area (Å²) in [7, 11) is 0. The van der Waals surface area contributed by atoms with Crippen molar-refractivity contribution in [2.75, 3.05) is 13.1 Å². The zero-order valence-corrected chi connectivity index (χ0v) is 14.2. The molecule has 2 aliphatic rings. The summed E-state index contributed by atoms with van der Waals surface area (Å²) in [5.74, 6) is -2.89. The van der Waals surface area contributed by atoms with Crippen LogP contribution < -0.4 is 0 Å². The van der Waals surface area contributed by atoms with Gasteiger partial charge in [0.15, 0.2) is 0 Å². The number of carbonyl (C=O) groups excluding carboxylic acids is 3. The van der Waals surface area contributed by atoms with Crippen molar-refractivity contribution in [1.82, 2.24) is 9.80 Å². The number of aryl methyl sites for hydroxylation is 1. The Bertz CT molecular complexity index is 773. The molecule has 2 heterocycles. The minimum absolute atomic E-state index is 0.109. The van der Waals surface area contributed by atoms with E-state index in [1.165, 1.54) is 4.90 Å². The molecular formula is C18H20N2O5. The molecule has 2 unspecified atom stereocenters. The number of carbonyl (C=O) groups is 4. The van der Waals surface area contributed by atoms with Crippen LogP contribution in [0.15, 0.2) is 18.2 Å². The first-order valence-corrected chi connectivity index (χ1v) is 8.28. The van der Waals surface area contributed by atoms with E-state index in [1.54, 1.807) is 18.2 Å². The fourth-order valence-corrected chi connectivity index (χ4v) is 3.43. The Morgan fingerprint density at radius 3 is 2.52 bits per heavy atom. The zero-order valence-electron chi connectivity index (χ0n) is 14.2. The normalized spacial score (nSPS) is 23.0. The summed E-state index contributed by atoms with van der Waals surface area (Å²) in [4.78, 5) is 51.2. The quantitative estimate of drug-likeness (QED) is 0.834. The van der Waals surface area contributed by atoms with Crippen molar-refractivity contribution in [2.45, 2.75) is 32.7 Å². The highest BCUT2D eigenvalue weighted by molar-refractivity contribution is 6.22. The number of carboxylic acids is 1. The summed E-state index contributed by atoms with van der Waals surface area (Å²) < 4.78 is 0. The second kappa shape index (κ2) is 6.31. The molecule has 2 aliphatic heterocycles. The van der Waals surface area contributed by atoms with Crippen molar-refractivity contribution in [3.63, 3.8) is 0 Å². The lowest BCUT2D eigenvalue weighted by molar-refractivity contribution is -0.147. The van der Waals surface area contributed by atoms with Crippen LogP contribution in [0, 0.1) is 12.8 Å². The van der Waals surface area contributed by atoms with Crippen LogP contribution in [0.4, 0.5) is 0 Å². The van der Waals surface area contributed by atoms with E-state index in [4.69, 9.17) is 0 Å².